The minimum Gasteiger partial charge on any atom is -0.493 e. The predicted octanol–water partition coefficient (Wildman–Crippen LogP) is 6.48. The van der Waals surface area contributed by atoms with Crippen molar-refractivity contribution in [2.75, 3.05) is 59.7 Å². The summed E-state index contributed by atoms with van der Waals surface area (Å²) in [7, 11) is 1.66. The summed E-state index contributed by atoms with van der Waals surface area (Å²) in [5.41, 5.74) is 0.638. The Labute approximate surface area is 341 Å². The summed E-state index contributed by atoms with van der Waals surface area (Å²) in [5, 5.41) is 21.7. The van der Waals surface area contributed by atoms with Crippen LogP contribution < -0.4 is 20.1 Å². The second-order valence-electron chi connectivity index (χ2n) is 16.5. The summed E-state index contributed by atoms with van der Waals surface area (Å²) in [4.78, 5) is 41.1. The molecular weight excluding hydrogens is 729 g/mol. The number of rotatable bonds is 23. The fourth-order valence-corrected chi connectivity index (χ4v) is 6.74. The van der Waals surface area contributed by atoms with E-state index in [1.165, 1.54) is 0 Å². The third kappa shape index (κ3) is 16.5. The zero-order valence-corrected chi connectivity index (χ0v) is 35.9. The lowest BCUT2D eigenvalue weighted by molar-refractivity contribution is -0.163. The Hall–Kier alpha value is -3.91. The Bertz CT molecular complexity index is 1490. The molecule has 1 heterocycles. The molecule has 4 atom stereocenters. The van der Waals surface area contributed by atoms with E-state index in [0.717, 1.165) is 18.4 Å². The topological polar surface area (TPSA) is 148 Å². The van der Waals surface area contributed by atoms with Crippen molar-refractivity contribution in [2.45, 2.75) is 105 Å². The summed E-state index contributed by atoms with van der Waals surface area (Å²) in [6.07, 6.45) is 0.304. The van der Waals surface area contributed by atoms with E-state index in [4.69, 9.17) is 23.7 Å². The quantitative estimate of drug-likeness (QED) is 0.107. The molecule has 2 aromatic rings. The van der Waals surface area contributed by atoms with Gasteiger partial charge < -0.3 is 39.4 Å². The molecule has 320 valence electrons. The highest BCUT2D eigenvalue weighted by atomic mass is 16.6. The lowest BCUT2D eigenvalue weighted by Crippen LogP contribution is -2.54. The first-order chi connectivity index (χ1) is 27.1. The number of methoxy groups -OCH3 is 1. The molecule has 2 aromatic carbocycles. The van der Waals surface area contributed by atoms with Crippen LogP contribution >= 0.6 is 0 Å². The number of carbonyl (C=O) groups is 3. The number of aliphatic hydroxyl groups is 1. The van der Waals surface area contributed by atoms with E-state index in [-0.39, 0.29) is 42.5 Å². The van der Waals surface area contributed by atoms with Crippen LogP contribution in [0.3, 0.4) is 0 Å². The molecule has 13 nitrogen and oxygen atoms in total. The fourth-order valence-electron chi connectivity index (χ4n) is 6.74. The molecule has 3 rings (SSSR count). The van der Waals surface area contributed by atoms with Gasteiger partial charge in [0.15, 0.2) is 0 Å². The number of benzene rings is 2. The van der Waals surface area contributed by atoms with Crippen LogP contribution in [0.1, 0.15) is 97.0 Å². The van der Waals surface area contributed by atoms with Crippen molar-refractivity contribution >= 4 is 17.9 Å². The highest BCUT2D eigenvalue weighted by molar-refractivity contribution is 5.97. The largest absolute Gasteiger partial charge is 0.493 e. The zero-order chi connectivity index (χ0) is 42.0. The van der Waals surface area contributed by atoms with Crippen molar-refractivity contribution in [3.63, 3.8) is 0 Å². The Morgan fingerprint density at radius 3 is 2.23 bits per heavy atom. The Kier molecular flexibility index (Phi) is 20.1. The van der Waals surface area contributed by atoms with Crippen molar-refractivity contribution < 1.29 is 43.2 Å². The van der Waals surface area contributed by atoms with E-state index >= 15 is 0 Å². The summed E-state index contributed by atoms with van der Waals surface area (Å²) >= 11 is 0. The number of amides is 3. The Morgan fingerprint density at radius 1 is 0.930 bits per heavy atom. The number of ether oxygens (including phenoxy) is 5. The molecular formula is C44H70N4O9. The number of carbonyl (C=O) groups excluding carboxylic acids is 3. The van der Waals surface area contributed by atoms with Crippen molar-refractivity contribution in [3.8, 4) is 11.5 Å². The van der Waals surface area contributed by atoms with Crippen LogP contribution in [-0.4, -0.2) is 110 Å². The van der Waals surface area contributed by atoms with Gasteiger partial charge >= 0.3 is 6.09 Å². The van der Waals surface area contributed by atoms with Gasteiger partial charge in [0.2, 0.25) is 5.91 Å². The maximum atomic E-state index is 14.0. The average Bonchev–Trinajstić information content (AvgIpc) is 3.17. The number of unbranched alkanes of at least 4 members (excludes halogenated alkanes) is 1. The van der Waals surface area contributed by atoms with Gasteiger partial charge in [-0.3, -0.25) is 14.6 Å². The fraction of sp³-hybridized carbons (Fsp3) is 0.659. The van der Waals surface area contributed by atoms with Crippen LogP contribution in [0.2, 0.25) is 0 Å². The highest BCUT2D eigenvalue weighted by Gasteiger charge is 2.36. The number of hydrogen-bond acceptors (Lipinski definition) is 10. The van der Waals surface area contributed by atoms with E-state index in [1.54, 1.807) is 51.1 Å². The van der Waals surface area contributed by atoms with E-state index in [9.17, 15) is 19.5 Å². The van der Waals surface area contributed by atoms with Crippen LogP contribution in [0.5, 0.6) is 11.5 Å². The first-order valence-electron chi connectivity index (χ1n) is 20.7. The Balaban J connectivity index is 1.80. The van der Waals surface area contributed by atoms with Crippen LogP contribution in [0, 0.1) is 23.7 Å². The molecule has 1 aliphatic rings. The second kappa shape index (κ2) is 24.1. The molecule has 0 radical (unpaired) electrons. The number of hydrazine groups is 1. The first kappa shape index (κ1) is 47.5. The van der Waals surface area contributed by atoms with Crippen LogP contribution in [0.4, 0.5) is 4.79 Å². The van der Waals surface area contributed by atoms with Gasteiger partial charge in [-0.2, -0.15) is 0 Å². The molecule has 3 amide bonds. The molecule has 1 saturated heterocycles. The van der Waals surface area contributed by atoms with Gasteiger partial charge in [-0.1, -0.05) is 58.0 Å². The maximum Gasteiger partial charge on any atom is 0.407 e. The summed E-state index contributed by atoms with van der Waals surface area (Å²) in [5.74, 6) is -0.0598. The van der Waals surface area contributed by atoms with Crippen LogP contribution in [0.25, 0.3) is 0 Å². The van der Waals surface area contributed by atoms with Crippen molar-refractivity contribution in [3.05, 3.63) is 59.7 Å². The second-order valence-corrected chi connectivity index (χ2v) is 16.5. The molecule has 57 heavy (non-hydrogen) atoms. The van der Waals surface area contributed by atoms with Crippen molar-refractivity contribution in [2.24, 2.45) is 23.7 Å². The third-order valence-electron chi connectivity index (χ3n) is 10.1. The van der Waals surface area contributed by atoms with Gasteiger partial charge in [0, 0.05) is 51.9 Å². The average molecular weight is 799 g/mol. The molecule has 1 aliphatic heterocycles. The van der Waals surface area contributed by atoms with Gasteiger partial charge in [-0.25, -0.2) is 9.80 Å². The molecule has 0 saturated carbocycles. The summed E-state index contributed by atoms with van der Waals surface area (Å²) in [6.45, 7) is 19.8. The molecule has 0 bridgehead atoms. The lowest BCUT2D eigenvalue weighted by Gasteiger charge is -2.40. The van der Waals surface area contributed by atoms with E-state index < -0.39 is 29.8 Å². The van der Waals surface area contributed by atoms with Gasteiger partial charge in [0.1, 0.15) is 23.7 Å². The first-order valence-corrected chi connectivity index (χ1v) is 20.7. The maximum absolute atomic E-state index is 14.0. The standard InChI is InChI=1S/C44H70N4O9/c1-10-48(47-20-24-54-25-21-47)42(51)37(32(4)5)28-39(49)38(46-43(52)57-44(6,7)8)26-34(31(2)3)29-45-41(50)36-19-18-35(56-30-33-16-12-11-13-17-33)27-40(36)55-23-15-14-22-53-9/h11-13,16-19,27,31-32,34,37-39,49H,10,14-15,20-26,28-30H2,1-9H3,(H,45,50)(H,46,52). The summed E-state index contributed by atoms with van der Waals surface area (Å²) < 4.78 is 28.5. The third-order valence-corrected chi connectivity index (χ3v) is 10.1. The van der Waals surface area contributed by atoms with Crippen LogP contribution in [-0.2, 0) is 25.6 Å². The summed E-state index contributed by atoms with van der Waals surface area (Å²) in [6, 6.07) is 14.3. The highest BCUT2D eigenvalue weighted by Crippen LogP contribution is 2.29. The van der Waals surface area contributed by atoms with Crippen molar-refractivity contribution in [1.82, 2.24) is 20.7 Å². The van der Waals surface area contributed by atoms with Gasteiger partial charge in [0.05, 0.1) is 37.5 Å². The van der Waals surface area contributed by atoms with Crippen LogP contribution in [0.15, 0.2) is 48.5 Å². The number of nitrogens with one attached hydrogen (secondary N) is 2. The number of alkyl carbamates (subject to hydrolysis) is 1. The number of hydrogen-bond donors (Lipinski definition) is 3. The SMILES string of the molecule is CCN(C(=O)C(CC(O)C(CC(CNC(=O)c1ccc(OCc2ccccc2)cc1OCCCCOC)C(C)C)NC(=O)OC(C)(C)C)C(C)C)N1CCOCC1. The smallest absolute Gasteiger partial charge is 0.407 e. The van der Waals surface area contributed by atoms with E-state index in [1.807, 2.05) is 70.0 Å². The molecule has 3 N–H and O–H groups in total. The van der Waals surface area contributed by atoms with E-state index in [2.05, 4.69) is 10.6 Å². The van der Waals surface area contributed by atoms with E-state index in [0.29, 0.717) is 76.2 Å². The number of nitrogens with zero attached hydrogens (tertiary/aromatic N) is 2. The predicted molar refractivity (Wildman–Crippen MR) is 221 cm³/mol. The molecule has 0 aliphatic carbocycles. The van der Waals surface area contributed by atoms with Gasteiger partial charge in [0.25, 0.3) is 5.91 Å². The minimum atomic E-state index is -1.07. The lowest BCUT2D eigenvalue weighted by atomic mass is 9.82. The molecule has 4 unspecified atom stereocenters. The Morgan fingerprint density at radius 2 is 1.61 bits per heavy atom. The van der Waals surface area contributed by atoms with Gasteiger partial charge in [-0.15, -0.1) is 0 Å². The van der Waals surface area contributed by atoms with Crippen molar-refractivity contribution in [1.29, 1.82) is 0 Å². The van der Waals surface area contributed by atoms with Gasteiger partial charge in [-0.05, 0) is 88.8 Å². The normalized spacial score (nSPS) is 15.7. The monoisotopic (exact) mass is 799 g/mol. The minimum absolute atomic E-state index is 0.0603. The molecule has 13 heteroatoms. The zero-order valence-electron chi connectivity index (χ0n) is 35.9. The number of morpholine rings is 1. The molecule has 0 aromatic heterocycles. The molecule has 0 spiro atoms. The number of aliphatic hydroxyl groups excluding tert-OH is 1. The molecule has 1 fully saturated rings.